The maximum absolute atomic E-state index is 5.61. The number of rotatable bonds is 5. The molecule has 1 fully saturated rings. The second-order valence-corrected chi connectivity index (χ2v) is 5.66. The number of ether oxygens (including phenoxy) is 1. The lowest BCUT2D eigenvalue weighted by molar-refractivity contribution is 0.0531. The highest BCUT2D eigenvalue weighted by Gasteiger charge is 2.19. The van der Waals surface area contributed by atoms with Gasteiger partial charge in [-0.3, -0.25) is 4.98 Å². The van der Waals surface area contributed by atoms with E-state index in [0.717, 1.165) is 32.8 Å². The first kappa shape index (κ1) is 14.3. The highest BCUT2D eigenvalue weighted by Crippen LogP contribution is 2.21. The van der Waals surface area contributed by atoms with Crippen molar-refractivity contribution in [2.75, 3.05) is 31.1 Å². The van der Waals surface area contributed by atoms with Gasteiger partial charge in [0.2, 0.25) is 0 Å². The van der Waals surface area contributed by atoms with Crippen LogP contribution >= 0.6 is 0 Å². The van der Waals surface area contributed by atoms with E-state index in [9.17, 15) is 0 Å². The zero-order valence-corrected chi connectivity index (χ0v) is 12.2. The second kappa shape index (κ2) is 6.87. The van der Waals surface area contributed by atoms with Crippen LogP contribution in [0.25, 0.3) is 0 Å². The molecule has 106 valence electrons. The lowest BCUT2D eigenvalue weighted by Gasteiger charge is -2.34. The van der Waals surface area contributed by atoms with E-state index in [0.29, 0.717) is 12.0 Å². The summed E-state index contributed by atoms with van der Waals surface area (Å²) in [5, 5.41) is 3.49. The van der Waals surface area contributed by atoms with Crippen molar-refractivity contribution in [3.05, 3.63) is 24.0 Å². The van der Waals surface area contributed by atoms with Crippen molar-refractivity contribution in [2.45, 2.75) is 33.4 Å². The van der Waals surface area contributed by atoms with Crippen LogP contribution in [0.3, 0.4) is 0 Å². The van der Waals surface area contributed by atoms with Crippen LogP contribution in [0.5, 0.6) is 0 Å². The maximum atomic E-state index is 5.61. The summed E-state index contributed by atoms with van der Waals surface area (Å²) in [6, 6.07) is 2.12. The van der Waals surface area contributed by atoms with Gasteiger partial charge in [0.05, 0.1) is 12.7 Å². The van der Waals surface area contributed by atoms with Crippen molar-refractivity contribution < 1.29 is 4.74 Å². The maximum Gasteiger partial charge on any atom is 0.0722 e. The molecule has 2 rings (SSSR count). The molecule has 19 heavy (non-hydrogen) atoms. The van der Waals surface area contributed by atoms with Gasteiger partial charge in [0.25, 0.3) is 0 Å². The van der Waals surface area contributed by atoms with Crippen LogP contribution in [-0.2, 0) is 11.3 Å². The predicted molar refractivity (Wildman–Crippen MR) is 78.4 cm³/mol. The molecule has 0 aliphatic carbocycles. The van der Waals surface area contributed by atoms with E-state index in [2.05, 4.69) is 42.0 Å². The second-order valence-electron chi connectivity index (χ2n) is 5.66. The minimum Gasteiger partial charge on any atom is -0.375 e. The molecule has 0 radical (unpaired) electrons. The highest BCUT2D eigenvalue weighted by atomic mass is 16.5. The van der Waals surface area contributed by atoms with Crippen LogP contribution < -0.4 is 10.2 Å². The van der Waals surface area contributed by atoms with Gasteiger partial charge in [-0.05, 0) is 25.5 Å². The van der Waals surface area contributed by atoms with Gasteiger partial charge in [-0.2, -0.15) is 0 Å². The fourth-order valence-corrected chi connectivity index (χ4v) is 2.40. The van der Waals surface area contributed by atoms with E-state index in [1.54, 1.807) is 0 Å². The molecule has 0 saturated carbocycles. The first-order valence-corrected chi connectivity index (χ1v) is 7.17. The van der Waals surface area contributed by atoms with Crippen molar-refractivity contribution in [3.8, 4) is 0 Å². The van der Waals surface area contributed by atoms with Crippen LogP contribution in [0.4, 0.5) is 5.69 Å². The summed E-state index contributed by atoms with van der Waals surface area (Å²) >= 11 is 0. The SMILES string of the molecule is CC(C)CNCc1cnccc1N1CCOC(C)C1. The summed E-state index contributed by atoms with van der Waals surface area (Å²) in [6.07, 6.45) is 4.16. The summed E-state index contributed by atoms with van der Waals surface area (Å²) in [4.78, 5) is 6.66. The van der Waals surface area contributed by atoms with Gasteiger partial charge in [-0.15, -0.1) is 0 Å². The number of morpholine rings is 1. The monoisotopic (exact) mass is 263 g/mol. The van der Waals surface area contributed by atoms with E-state index in [1.165, 1.54) is 11.3 Å². The third-order valence-electron chi connectivity index (χ3n) is 3.33. The smallest absolute Gasteiger partial charge is 0.0722 e. The number of hydrogen-bond acceptors (Lipinski definition) is 4. The quantitative estimate of drug-likeness (QED) is 0.882. The fourth-order valence-electron chi connectivity index (χ4n) is 2.40. The van der Waals surface area contributed by atoms with E-state index in [4.69, 9.17) is 4.74 Å². The third-order valence-corrected chi connectivity index (χ3v) is 3.33. The lowest BCUT2D eigenvalue weighted by Crippen LogP contribution is -2.41. The van der Waals surface area contributed by atoms with Gasteiger partial charge in [-0.25, -0.2) is 0 Å². The van der Waals surface area contributed by atoms with Gasteiger partial charge in [-0.1, -0.05) is 13.8 Å². The molecule has 1 unspecified atom stereocenters. The molecule has 1 atom stereocenters. The van der Waals surface area contributed by atoms with Crippen LogP contribution in [0, 0.1) is 5.92 Å². The molecule has 0 amide bonds. The number of pyridine rings is 1. The van der Waals surface area contributed by atoms with E-state index in [1.807, 2.05) is 12.4 Å². The van der Waals surface area contributed by atoms with E-state index < -0.39 is 0 Å². The van der Waals surface area contributed by atoms with Crippen molar-refractivity contribution >= 4 is 5.69 Å². The Morgan fingerprint density at radius 1 is 1.53 bits per heavy atom. The fraction of sp³-hybridized carbons (Fsp3) is 0.667. The van der Waals surface area contributed by atoms with Crippen molar-refractivity contribution in [1.29, 1.82) is 0 Å². The Bertz CT molecular complexity index is 395. The molecule has 0 spiro atoms. The zero-order valence-electron chi connectivity index (χ0n) is 12.2. The van der Waals surface area contributed by atoms with Crippen molar-refractivity contribution in [1.82, 2.24) is 10.3 Å². The Hall–Kier alpha value is -1.13. The van der Waals surface area contributed by atoms with Crippen LogP contribution in [0.15, 0.2) is 18.5 Å². The Balaban J connectivity index is 2.02. The summed E-state index contributed by atoms with van der Waals surface area (Å²) in [5.74, 6) is 0.670. The molecule has 1 saturated heterocycles. The van der Waals surface area contributed by atoms with Gasteiger partial charge in [0.1, 0.15) is 0 Å². The van der Waals surface area contributed by atoms with Crippen LogP contribution in [-0.4, -0.2) is 37.3 Å². The predicted octanol–water partition coefficient (Wildman–Crippen LogP) is 2.05. The number of hydrogen-bond donors (Lipinski definition) is 1. The standard InChI is InChI=1S/C15H25N3O/c1-12(2)8-17-10-14-9-16-5-4-15(14)18-6-7-19-13(3)11-18/h4-5,9,12-13,17H,6-8,10-11H2,1-3H3. The minimum atomic E-state index is 0.304. The normalized spacial score (nSPS) is 20.0. The minimum absolute atomic E-state index is 0.304. The molecule has 4 nitrogen and oxygen atoms in total. The van der Waals surface area contributed by atoms with Gasteiger partial charge in [0, 0.05) is 43.3 Å². The van der Waals surface area contributed by atoms with Gasteiger partial charge in [0.15, 0.2) is 0 Å². The average Bonchev–Trinajstić information content (AvgIpc) is 2.39. The third kappa shape index (κ3) is 4.18. The summed E-state index contributed by atoms with van der Waals surface area (Å²) in [6.45, 7) is 11.2. The molecule has 2 heterocycles. The Kier molecular flexibility index (Phi) is 5.16. The van der Waals surface area contributed by atoms with E-state index >= 15 is 0 Å². The summed E-state index contributed by atoms with van der Waals surface area (Å²) in [7, 11) is 0. The highest BCUT2D eigenvalue weighted by molar-refractivity contribution is 5.52. The molecule has 0 aromatic carbocycles. The molecular formula is C15H25N3O. The summed E-state index contributed by atoms with van der Waals surface area (Å²) < 4.78 is 5.61. The molecule has 1 N–H and O–H groups in total. The van der Waals surface area contributed by atoms with E-state index in [-0.39, 0.29) is 0 Å². The molecule has 1 aliphatic heterocycles. The van der Waals surface area contributed by atoms with Gasteiger partial charge >= 0.3 is 0 Å². The average molecular weight is 263 g/mol. The number of nitrogens with one attached hydrogen (secondary N) is 1. The molecule has 0 bridgehead atoms. The molecule has 1 aromatic heterocycles. The molecular weight excluding hydrogens is 238 g/mol. The number of anilines is 1. The van der Waals surface area contributed by atoms with Gasteiger partial charge < -0.3 is 15.0 Å². The first-order chi connectivity index (χ1) is 9.16. The number of aromatic nitrogens is 1. The largest absolute Gasteiger partial charge is 0.375 e. The lowest BCUT2D eigenvalue weighted by atomic mass is 10.1. The van der Waals surface area contributed by atoms with Crippen molar-refractivity contribution in [3.63, 3.8) is 0 Å². The Morgan fingerprint density at radius 3 is 3.11 bits per heavy atom. The molecule has 1 aromatic rings. The van der Waals surface area contributed by atoms with Crippen molar-refractivity contribution in [2.24, 2.45) is 5.92 Å². The Labute approximate surface area is 116 Å². The Morgan fingerprint density at radius 2 is 2.37 bits per heavy atom. The number of nitrogens with zero attached hydrogens (tertiary/aromatic N) is 2. The zero-order chi connectivity index (χ0) is 13.7. The summed E-state index contributed by atoms with van der Waals surface area (Å²) in [5.41, 5.74) is 2.57. The van der Waals surface area contributed by atoms with Crippen LogP contribution in [0.2, 0.25) is 0 Å². The molecule has 1 aliphatic rings. The topological polar surface area (TPSA) is 37.4 Å². The molecule has 4 heteroatoms. The van der Waals surface area contributed by atoms with Crippen LogP contribution in [0.1, 0.15) is 26.3 Å². The first-order valence-electron chi connectivity index (χ1n) is 7.17.